The summed E-state index contributed by atoms with van der Waals surface area (Å²) < 4.78 is 5.64. The molecular weight excluding hydrogens is 228 g/mol. The zero-order valence-corrected chi connectivity index (χ0v) is 11.2. The second kappa shape index (κ2) is 4.61. The number of carbonyl (C=O) groups is 1. The highest BCUT2D eigenvalue weighted by Gasteiger charge is 2.27. The van der Waals surface area contributed by atoms with Crippen molar-refractivity contribution in [1.82, 2.24) is 4.90 Å². The average Bonchev–Trinajstić information content (AvgIpc) is 2.55. The summed E-state index contributed by atoms with van der Waals surface area (Å²) >= 11 is 0. The molecule has 1 heterocycles. The maximum absolute atomic E-state index is 12.1. The van der Waals surface area contributed by atoms with Crippen LogP contribution in [0.1, 0.15) is 36.7 Å². The number of nitrogens with zero attached hydrogens (tertiary/aromatic N) is 1. The number of carbonyl (C=O) groups excluding carboxylic acids is 1. The van der Waals surface area contributed by atoms with Crippen molar-refractivity contribution in [3.8, 4) is 0 Å². The van der Waals surface area contributed by atoms with Crippen molar-refractivity contribution >= 4 is 11.6 Å². The highest BCUT2D eigenvalue weighted by atomic mass is 16.5. The number of hydrogen-bond donors (Lipinski definition) is 1. The molecule has 4 nitrogen and oxygen atoms in total. The van der Waals surface area contributed by atoms with Gasteiger partial charge in [-0.15, -0.1) is 0 Å². The Kier molecular flexibility index (Phi) is 3.30. The van der Waals surface area contributed by atoms with Gasteiger partial charge in [0.05, 0.1) is 12.2 Å². The predicted octanol–water partition coefficient (Wildman–Crippen LogP) is 2.04. The minimum absolute atomic E-state index is 0.0507. The van der Waals surface area contributed by atoms with E-state index in [1.165, 1.54) is 0 Å². The first kappa shape index (κ1) is 12.9. The van der Waals surface area contributed by atoms with Crippen LogP contribution in [0.2, 0.25) is 0 Å². The molecule has 2 rings (SSSR count). The van der Waals surface area contributed by atoms with Gasteiger partial charge in [-0.05, 0) is 38.5 Å². The number of benzene rings is 1. The fourth-order valence-corrected chi connectivity index (χ4v) is 2.02. The van der Waals surface area contributed by atoms with Crippen LogP contribution in [-0.4, -0.2) is 29.6 Å². The number of nitrogens with two attached hydrogens (primary N) is 1. The third kappa shape index (κ3) is 2.82. The molecule has 1 aliphatic rings. The van der Waals surface area contributed by atoms with Crippen LogP contribution >= 0.6 is 0 Å². The van der Waals surface area contributed by atoms with E-state index >= 15 is 0 Å². The quantitative estimate of drug-likeness (QED) is 0.833. The van der Waals surface area contributed by atoms with E-state index in [-0.39, 0.29) is 11.5 Å². The van der Waals surface area contributed by atoms with Crippen molar-refractivity contribution in [3.05, 3.63) is 29.3 Å². The lowest BCUT2D eigenvalue weighted by molar-refractivity contribution is -0.0116. The Labute approximate surface area is 108 Å². The van der Waals surface area contributed by atoms with Crippen molar-refractivity contribution in [2.75, 3.05) is 18.9 Å². The van der Waals surface area contributed by atoms with Crippen molar-refractivity contribution < 1.29 is 9.53 Å². The van der Waals surface area contributed by atoms with Gasteiger partial charge in [-0.2, -0.15) is 0 Å². The molecule has 0 unspecified atom stereocenters. The van der Waals surface area contributed by atoms with Gasteiger partial charge in [0.25, 0.3) is 5.91 Å². The van der Waals surface area contributed by atoms with Crippen LogP contribution in [0.15, 0.2) is 18.2 Å². The summed E-state index contributed by atoms with van der Waals surface area (Å²) in [6.07, 6.45) is 0. The van der Waals surface area contributed by atoms with E-state index in [4.69, 9.17) is 10.5 Å². The molecule has 0 atom stereocenters. The molecule has 0 saturated heterocycles. The first-order chi connectivity index (χ1) is 8.37. The lowest BCUT2D eigenvalue weighted by Gasteiger charge is -2.22. The van der Waals surface area contributed by atoms with E-state index < -0.39 is 0 Å². The summed E-state index contributed by atoms with van der Waals surface area (Å²) in [7, 11) is 0. The second-order valence-electron chi connectivity index (χ2n) is 5.60. The lowest BCUT2D eigenvalue weighted by atomic mass is 10.1. The van der Waals surface area contributed by atoms with E-state index in [9.17, 15) is 4.79 Å². The van der Waals surface area contributed by atoms with Gasteiger partial charge < -0.3 is 15.4 Å². The number of hydrogen-bond acceptors (Lipinski definition) is 3. The third-order valence-electron chi connectivity index (χ3n) is 2.91. The normalized spacial score (nSPS) is 15.1. The molecule has 0 aromatic heterocycles. The predicted molar refractivity (Wildman–Crippen MR) is 71.3 cm³/mol. The zero-order chi connectivity index (χ0) is 13.3. The van der Waals surface area contributed by atoms with E-state index in [2.05, 4.69) is 0 Å². The van der Waals surface area contributed by atoms with Gasteiger partial charge in [-0.3, -0.25) is 4.79 Å². The molecule has 2 N–H and O–H groups in total. The van der Waals surface area contributed by atoms with Crippen LogP contribution in [-0.2, 0) is 11.3 Å². The molecule has 0 radical (unpaired) electrons. The zero-order valence-electron chi connectivity index (χ0n) is 11.2. The van der Waals surface area contributed by atoms with Gasteiger partial charge in [0.2, 0.25) is 0 Å². The number of nitrogen functional groups attached to an aromatic ring is 1. The molecule has 0 spiro atoms. The Balaban J connectivity index is 1.97. The van der Waals surface area contributed by atoms with Gasteiger partial charge in [-0.1, -0.05) is 6.07 Å². The van der Waals surface area contributed by atoms with Gasteiger partial charge >= 0.3 is 0 Å². The van der Waals surface area contributed by atoms with E-state index in [1.54, 1.807) is 11.0 Å². The Bertz CT molecular complexity index is 463. The van der Waals surface area contributed by atoms with Gasteiger partial charge in [-0.25, -0.2) is 0 Å². The monoisotopic (exact) mass is 248 g/mol. The fourth-order valence-electron chi connectivity index (χ4n) is 2.02. The minimum atomic E-state index is -0.167. The van der Waals surface area contributed by atoms with E-state index in [0.717, 1.165) is 11.1 Å². The average molecular weight is 248 g/mol. The van der Waals surface area contributed by atoms with Crippen LogP contribution in [0.5, 0.6) is 0 Å². The fraction of sp³-hybridized carbons (Fsp3) is 0.500. The van der Waals surface area contributed by atoms with Crippen molar-refractivity contribution in [3.63, 3.8) is 0 Å². The van der Waals surface area contributed by atoms with Gasteiger partial charge in [0, 0.05) is 24.3 Å². The number of fused-ring (bicyclic) bond motifs is 1. The van der Waals surface area contributed by atoms with Gasteiger partial charge in [0.15, 0.2) is 0 Å². The summed E-state index contributed by atoms with van der Waals surface area (Å²) in [5, 5.41) is 0. The Morgan fingerprint density at radius 1 is 1.39 bits per heavy atom. The molecule has 1 aromatic carbocycles. The summed E-state index contributed by atoms with van der Waals surface area (Å²) in [6, 6.07) is 5.51. The topological polar surface area (TPSA) is 55.6 Å². The molecule has 0 saturated carbocycles. The third-order valence-corrected chi connectivity index (χ3v) is 2.91. The first-order valence-electron chi connectivity index (χ1n) is 6.18. The van der Waals surface area contributed by atoms with Crippen LogP contribution in [0.3, 0.4) is 0 Å². The van der Waals surface area contributed by atoms with Gasteiger partial charge in [0.1, 0.15) is 0 Å². The van der Waals surface area contributed by atoms with Crippen molar-refractivity contribution in [1.29, 1.82) is 0 Å². The molecule has 0 fully saturated rings. The SMILES string of the molecule is CC(C)(C)OCCN1Cc2ccc(N)cc2C1=O. The lowest BCUT2D eigenvalue weighted by Crippen LogP contribution is -2.31. The molecule has 0 bridgehead atoms. The largest absolute Gasteiger partial charge is 0.399 e. The summed E-state index contributed by atoms with van der Waals surface area (Å²) in [6.45, 7) is 7.85. The van der Waals surface area contributed by atoms with Crippen LogP contribution in [0.4, 0.5) is 5.69 Å². The highest BCUT2D eigenvalue weighted by molar-refractivity contribution is 5.99. The van der Waals surface area contributed by atoms with E-state index in [1.807, 2.05) is 32.9 Å². The smallest absolute Gasteiger partial charge is 0.254 e. The van der Waals surface area contributed by atoms with Crippen LogP contribution in [0, 0.1) is 0 Å². The second-order valence-corrected chi connectivity index (χ2v) is 5.60. The molecule has 4 heteroatoms. The number of amides is 1. The van der Waals surface area contributed by atoms with Crippen molar-refractivity contribution in [2.24, 2.45) is 0 Å². The number of rotatable bonds is 3. The molecule has 98 valence electrons. The summed E-state index contributed by atoms with van der Waals surface area (Å²) in [4.78, 5) is 13.9. The summed E-state index contributed by atoms with van der Waals surface area (Å²) in [5.41, 5.74) is 7.94. The highest BCUT2D eigenvalue weighted by Crippen LogP contribution is 2.24. The maximum atomic E-state index is 12.1. The van der Waals surface area contributed by atoms with E-state index in [0.29, 0.717) is 25.4 Å². The molecule has 1 aliphatic heterocycles. The minimum Gasteiger partial charge on any atom is -0.399 e. The molecule has 0 aliphatic carbocycles. The molecule has 1 aromatic rings. The standard InChI is InChI=1S/C14H20N2O2/c1-14(2,3)18-7-6-16-9-10-4-5-11(15)8-12(10)13(16)17/h4-5,8H,6-7,9,15H2,1-3H3. The Morgan fingerprint density at radius 2 is 2.11 bits per heavy atom. The van der Waals surface area contributed by atoms with Crippen molar-refractivity contribution in [2.45, 2.75) is 32.9 Å². The first-order valence-corrected chi connectivity index (χ1v) is 6.18. The summed E-state index contributed by atoms with van der Waals surface area (Å²) in [5.74, 6) is 0.0507. The molecule has 1 amide bonds. The van der Waals surface area contributed by atoms with Crippen LogP contribution in [0.25, 0.3) is 0 Å². The molecule has 18 heavy (non-hydrogen) atoms. The number of anilines is 1. The van der Waals surface area contributed by atoms with Crippen LogP contribution < -0.4 is 5.73 Å². The Hall–Kier alpha value is -1.55. The Morgan fingerprint density at radius 3 is 2.78 bits per heavy atom. The maximum Gasteiger partial charge on any atom is 0.254 e. The number of ether oxygens (including phenoxy) is 1. The molecular formula is C14H20N2O2.